The average Bonchev–Trinajstić information content (AvgIpc) is 2.95. The maximum atomic E-state index is 13.3. The Labute approximate surface area is 190 Å². The molecule has 0 atom stereocenters. The summed E-state index contributed by atoms with van der Waals surface area (Å²) in [6.07, 6.45) is 9.60. The Morgan fingerprint density at radius 2 is 1.67 bits per heavy atom. The minimum atomic E-state index is -0.528. The molecule has 0 spiro atoms. The highest BCUT2D eigenvalue weighted by Crippen LogP contribution is 2.37. The molecule has 1 saturated carbocycles. The molecule has 3 N–H and O–H groups in total. The fourth-order valence-corrected chi connectivity index (χ4v) is 4.45. The number of aromatic nitrogens is 1. The highest BCUT2D eigenvalue weighted by atomic mass is 35.5. The Bertz CT molecular complexity index is 868. The third kappa shape index (κ3) is 6.13. The van der Waals surface area contributed by atoms with Crippen molar-refractivity contribution in [3.8, 4) is 0 Å². The first kappa shape index (κ1) is 22.9. The van der Waals surface area contributed by atoms with Gasteiger partial charge in [0.2, 0.25) is 0 Å². The van der Waals surface area contributed by atoms with E-state index in [0.29, 0.717) is 34.5 Å². The van der Waals surface area contributed by atoms with Gasteiger partial charge in [0.15, 0.2) is 0 Å². The molecule has 0 aliphatic heterocycles. The SMILES string of the molecule is O=C(NCC1(CNc2c(Cl)cncc2Cl)CCCCCC1)Nc1ccc(F)c(Cl)c1. The molecule has 9 heteroatoms. The average molecular weight is 474 g/mol. The molecule has 2 aromatic rings. The second-order valence-electron chi connectivity index (χ2n) is 7.68. The molecule has 162 valence electrons. The van der Waals surface area contributed by atoms with Gasteiger partial charge in [-0.25, -0.2) is 9.18 Å². The lowest BCUT2D eigenvalue weighted by Gasteiger charge is -2.34. The Morgan fingerprint density at radius 3 is 2.30 bits per heavy atom. The number of urea groups is 1. The van der Waals surface area contributed by atoms with Crippen LogP contribution in [0.25, 0.3) is 0 Å². The summed E-state index contributed by atoms with van der Waals surface area (Å²) >= 11 is 18.3. The number of nitrogens with one attached hydrogen (secondary N) is 3. The van der Waals surface area contributed by atoms with Crippen molar-refractivity contribution >= 4 is 52.2 Å². The smallest absolute Gasteiger partial charge is 0.319 e. The topological polar surface area (TPSA) is 66.0 Å². The summed E-state index contributed by atoms with van der Waals surface area (Å²) < 4.78 is 13.3. The number of nitrogens with zero attached hydrogens (tertiary/aromatic N) is 1. The van der Waals surface area contributed by atoms with Crippen molar-refractivity contribution < 1.29 is 9.18 Å². The quantitative estimate of drug-likeness (QED) is 0.406. The molecule has 0 radical (unpaired) electrons. The van der Waals surface area contributed by atoms with Crippen molar-refractivity contribution in [1.29, 1.82) is 0 Å². The zero-order valence-electron chi connectivity index (χ0n) is 16.4. The number of halogens is 4. The molecular weight excluding hydrogens is 450 g/mol. The fraction of sp³-hybridized carbons (Fsp3) is 0.429. The summed E-state index contributed by atoms with van der Waals surface area (Å²) in [5, 5.41) is 9.93. The van der Waals surface area contributed by atoms with E-state index in [0.717, 1.165) is 25.7 Å². The first-order valence-electron chi connectivity index (χ1n) is 9.91. The molecule has 1 aliphatic rings. The first-order chi connectivity index (χ1) is 14.4. The van der Waals surface area contributed by atoms with Crippen LogP contribution in [0.15, 0.2) is 30.6 Å². The number of rotatable bonds is 6. The van der Waals surface area contributed by atoms with Gasteiger partial charge in [0.25, 0.3) is 0 Å². The van der Waals surface area contributed by atoms with Crippen molar-refractivity contribution in [2.45, 2.75) is 38.5 Å². The van der Waals surface area contributed by atoms with Gasteiger partial charge in [0, 0.05) is 36.6 Å². The second kappa shape index (κ2) is 10.5. The molecule has 2 amide bonds. The monoisotopic (exact) mass is 472 g/mol. The molecular formula is C21H24Cl3FN4O. The summed E-state index contributed by atoms with van der Waals surface area (Å²) in [5.41, 5.74) is 0.953. The molecule has 5 nitrogen and oxygen atoms in total. The Hall–Kier alpha value is -1.76. The maximum absolute atomic E-state index is 13.3. The van der Waals surface area contributed by atoms with Crippen LogP contribution < -0.4 is 16.0 Å². The van der Waals surface area contributed by atoms with Gasteiger partial charge < -0.3 is 16.0 Å². The van der Waals surface area contributed by atoms with Gasteiger partial charge in [-0.3, -0.25) is 4.98 Å². The van der Waals surface area contributed by atoms with Crippen molar-refractivity contribution in [2.75, 3.05) is 23.7 Å². The molecule has 1 aromatic carbocycles. The van der Waals surface area contributed by atoms with Crippen LogP contribution in [-0.4, -0.2) is 24.1 Å². The molecule has 0 unspecified atom stereocenters. The highest BCUT2D eigenvalue weighted by Gasteiger charge is 2.32. The number of hydrogen-bond acceptors (Lipinski definition) is 3. The fourth-order valence-electron chi connectivity index (χ4n) is 3.77. The van der Waals surface area contributed by atoms with Crippen LogP contribution in [0.4, 0.5) is 20.6 Å². The molecule has 30 heavy (non-hydrogen) atoms. The molecule has 1 aromatic heterocycles. The predicted molar refractivity (Wildman–Crippen MR) is 121 cm³/mol. The Morgan fingerprint density at radius 1 is 1.00 bits per heavy atom. The molecule has 1 heterocycles. The van der Waals surface area contributed by atoms with Crippen LogP contribution in [0, 0.1) is 11.2 Å². The summed E-state index contributed by atoms with van der Waals surface area (Å²) in [5.74, 6) is -0.528. The molecule has 3 rings (SSSR count). The molecule has 0 saturated heterocycles. The van der Waals surface area contributed by atoms with E-state index in [1.165, 1.54) is 31.0 Å². The summed E-state index contributed by atoms with van der Waals surface area (Å²) in [6.45, 7) is 1.11. The van der Waals surface area contributed by atoms with Gasteiger partial charge >= 0.3 is 6.03 Å². The largest absolute Gasteiger partial charge is 0.382 e. The van der Waals surface area contributed by atoms with Crippen LogP contribution in [0.5, 0.6) is 0 Å². The normalized spacial score (nSPS) is 15.9. The van der Waals surface area contributed by atoms with E-state index < -0.39 is 5.82 Å². The lowest BCUT2D eigenvalue weighted by molar-refractivity contribution is 0.229. The number of anilines is 2. The molecule has 0 bridgehead atoms. The van der Waals surface area contributed by atoms with Gasteiger partial charge in [-0.1, -0.05) is 60.5 Å². The van der Waals surface area contributed by atoms with E-state index in [1.807, 2.05) is 0 Å². The standard InChI is InChI=1S/C21H24Cl3FN4O/c22-15-9-14(5-6-18(15)25)29-20(30)28-13-21(7-3-1-2-4-8-21)12-27-19-16(23)10-26-11-17(19)24/h5-6,9-11H,1-4,7-8,12-13H2,(H,26,27)(H2,28,29,30). The van der Waals surface area contributed by atoms with Crippen LogP contribution >= 0.6 is 34.8 Å². The van der Waals surface area contributed by atoms with Crippen molar-refractivity contribution in [3.05, 3.63) is 51.5 Å². The van der Waals surface area contributed by atoms with Crippen LogP contribution in [-0.2, 0) is 0 Å². The van der Waals surface area contributed by atoms with E-state index >= 15 is 0 Å². The highest BCUT2D eigenvalue weighted by molar-refractivity contribution is 6.38. The lowest BCUT2D eigenvalue weighted by Crippen LogP contribution is -2.43. The Kier molecular flexibility index (Phi) is 8.03. The number of carbonyl (C=O) groups excluding carboxylic acids is 1. The number of pyridine rings is 1. The van der Waals surface area contributed by atoms with Gasteiger partial charge in [-0.05, 0) is 31.0 Å². The number of benzene rings is 1. The summed E-state index contributed by atoms with van der Waals surface area (Å²) in [4.78, 5) is 16.4. The zero-order valence-corrected chi connectivity index (χ0v) is 18.7. The number of carbonyl (C=O) groups is 1. The van der Waals surface area contributed by atoms with Crippen LogP contribution in [0.3, 0.4) is 0 Å². The van der Waals surface area contributed by atoms with Gasteiger partial charge in [-0.2, -0.15) is 0 Å². The van der Waals surface area contributed by atoms with E-state index in [2.05, 4.69) is 20.9 Å². The summed E-state index contributed by atoms with van der Waals surface area (Å²) in [6, 6.07) is 3.71. The first-order valence-corrected chi connectivity index (χ1v) is 11.0. The minimum absolute atomic E-state index is 0.0386. The van der Waals surface area contributed by atoms with Gasteiger partial charge in [0.05, 0.1) is 20.8 Å². The third-order valence-electron chi connectivity index (χ3n) is 5.46. The van der Waals surface area contributed by atoms with Crippen molar-refractivity contribution in [3.63, 3.8) is 0 Å². The van der Waals surface area contributed by atoms with Gasteiger partial charge in [0.1, 0.15) is 5.82 Å². The van der Waals surface area contributed by atoms with E-state index in [-0.39, 0.29) is 16.5 Å². The number of hydrogen-bond donors (Lipinski definition) is 3. The minimum Gasteiger partial charge on any atom is -0.382 e. The molecule has 1 fully saturated rings. The van der Waals surface area contributed by atoms with Gasteiger partial charge in [-0.15, -0.1) is 0 Å². The van der Waals surface area contributed by atoms with Crippen LogP contribution in [0.2, 0.25) is 15.1 Å². The Balaban J connectivity index is 1.65. The lowest BCUT2D eigenvalue weighted by atomic mass is 9.80. The summed E-state index contributed by atoms with van der Waals surface area (Å²) in [7, 11) is 0. The number of amides is 2. The van der Waals surface area contributed by atoms with E-state index in [9.17, 15) is 9.18 Å². The van der Waals surface area contributed by atoms with Crippen LogP contribution in [0.1, 0.15) is 38.5 Å². The van der Waals surface area contributed by atoms with Crippen molar-refractivity contribution in [2.24, 2.45) is 5.41 Å². The predicted octanol–water partition coefficient (Wildman–Crippen LogP) is 6.76. The molecule has 1 aliphatic carbocycles. The van der Waals surface area contributed by atoms with E-state index in [1.54, 1.807) is 12.4 Å². The van der Waals surface area contributed by atoms with E-state index in [4.69, 9.17) is 34.8 Å². The zero-order chi connectivity index (χ0) is 21.6. The second-order valence-corrected chi connectivity index (χ2v) is 8.90. The third-order valence-corrected chi connectivity index (χ3v) is 6.32. The van der Waals surface area contributed by atoms with Crippen molar-refractivity contribution in [1.82, 2.24) is 10.3 Å². The maximum Gasteiger partial charge on any atom is 0.319 e.